The zero-order valence-corrected chi connectivity index (χ0v) is 5.71. The Morgan fingerprint density at radius 3 is 2.62 bits per heavy atom. The Morgan fingerprint density at radius 1 is 1.62 bits per heavy atom. The third-order valence-corrected chi connectivity index (χ3v) is 1.25. The van der Waals surface area contributed by atoms with Crippen LogP contribution < -0.4 is 11.1 Å². The van der Waals surface area contributed by atoms with E-state index in [1.54, 1.807) is 0 Å². The molecule has 0 bridgehead atoms. The van der Waals surface area contributed by atoms with Gasteiger partial charge in [0.25, 0.3) is 0 Å². The molecule has 1 saturated heterocycles. The van der Waals surface area contributed by atoms with E-state index in [2.05, 4.69) is 5.32 Å². The molecule has 1 fully saturated rings. The Morgan fingerprint density at radius 2 is 2.25 bits per heavy atom. The first-order valence-electron chi connectivity index (χ1n) is 2.87. The van der Waals surface area contributed by atoms with E-state index in [0.29, 0.717) is 0 Å². The summed E-state index contributed by atoms with van der Waals surface area (Å²) in [5.74, 6) is 0. The van der Waals surface area contributed by atoms with Crippen LogP contribution in [-0.4, -0.2) is 19.1 Å². The summed E-state index contributed by atoms with van der Waals surface area (Å²) in [6, 6.07) is 0.823. The molecule has 1 aliphatic heterocycles. The molecule has 0 saturated carbocycles. The van der Waals surface area contributed by atoms with Gasteiger partial charge in [-0.2, -0.15) is 0 Å². The Bertz CT molecular complexity index is 54.4. The Balaban J connectivity index is 0.000000490. The van der Waals surface area contributed by atoms with Crippen molar-refractivity contribution in [3.63, 3.8) is 0 Å². The molecule has 0 aromatic heterocycles. The molecular formula is C5H13ClN2. The fourth-order valence-corrected chi connectivity index (χ4v) is 0.652. The number of nitrogens with one attached hydrogen (secondary N) is 1. The molecule has 1 unspecified atom stereocenters. The van der Waals surface area contributed by atoms with Crippen LogP contribution in [0.4, 0.5) is 0 Å². The highest BCUT2D eigenvalue weighted by Crippen LogP contribution is 2.03. The largest absolute Gasteiger partial charge is 0.330 e. The first kappa shape index (κ1) is 8.21. The van der Waals surface area contributed by atoms with Gasteiger partial charge in [-0.05, 0) is 19.4 Å². The number of hydrogen-bond donors (Lipinski definition) is 2. The topological polar surface area (TPSA) is 48.0 Å². The lowest BCUT2D eigenvalue weighted by Gasteiger charge is -1.88. The quantitative estimate of drug-likeness (QED) is 0.542. The molecule has 8 heavy (non-hydrogen) atoms. The monoisotopic (exact) mass is 136 g/mol. The normalized spacial score (nSPS) is 24.4. The molecular weight excluding hydrogens is 124 g/mol. The average Bonchev–Trinajstić information content (AvgIpc) is 2.42. The molecule has 0 aliphatic carbocycles. The summed E-state index contributed by atoms with van der Waals surface area (Å²) in [7, 11) is 0. The van der Waals surface area contributed by atoms with Gasteiger partial charge in [-0.1, -0.05) is 0 Å². The highest BCUT2D eigenvalue weighted by molar-refractivity contribution is 5.85. The molecule has 1 rings (SSSR count). The summed E-state index contributed by atoms with van der Waals surface area (Å²) in [6.07, 6.45) is 2.45. The van der Waals surface area contributed by atoms with Crippen LogP contribution >= 0.6 is 12.4 Å². The first-order chi connectivity index (χ1) is 3.43. The third kappa shape index (κ3) is 3.24. The first-order valence-corrected chi connectivity index (χ1v) is 2.87. The van der Waals surface area contributed by atoms with Gasteiger partial charge in [0.05, 0.1) is 0 Å². The van der Waals surface area contributed by atoms with Crippen LogP contribution in [0.1, 0.15) is 12.8 Å². The van der Waals surface area contributed by atoms with Crippen molar-refractivity contribution >= 4 is 12.4 Å². The average molecular weight is 137 g/mol. The molecule has 2 nitrogen and oxygen atoms in total. The van der Waals surface area contributed by atoms with Crippen LogP contribution in [0.25, 0.3) is 0 Å². The van der Waals surface area contributed by atoms with Crippen molar-refractivity contribution in [2.75, 3.05) is 13.1 Å². The number of hydrogen-bond acceptors (Lipinski definition) is 2. The molecule has 3 heteroatoms. The lowest BCUT2D eigenvalue weighted by molar-refractivity contribution is 0.733. The van der Waals surface area contributed by atoms with Crippen molar-refractivity contribution in [1.82, 2.24) is 5.32 Å². The van der Waals surface area contributed by atoms with Crippen molar-refractivity contribution in [2.45, 2.75) is 18.9 Å². The molecule has 0 radical (unpaired) electrons. The van der Waals surface area contributed by atoms with Gasteiger partial charge in [-0.15, -0.1) is 12.4 Å². The summed E-state index contributed by atoms with van der Waals surface area (Å²) >= 11 is 0. The summed E-state index contributed by atoms with van der Waals surface area (Å²) < 4.78 is 0. The lowest BCUT2D eigenvalue weighted by atomic mass is 10.2. The van der Waals surface area contributed by atoms with Crippen LogP contribution in [0.15, 0.2) is 0 Å². The van der Waals surface area contributed by atoms with Gasteiger partial charge in [0, 0.05) is 12.6 Å². The molecule has 0 aromatic rings. The van der Waals surface area contributed by atoms with Gasteiger partial charge in [0.15, 0.2) is 0 Å². The van der Waals surface area contributed by atoms with Gasteiger partial charge in [0.2, 0.25) is 0 Å². The van der Waals surface area contributed by atoms with Crippen molar-refractivity contribution in [3.8, 4) is 0 Å². The fourth-order valence-electron chi connectivity index (χ4n) is 0.652. The molecule has 1 atom stereocenters. The van der Waals surface area contributed by atoms with E-state index in [9.17, 15) is 0 Å². The van der Waals surface area contributed by atoms with Crippen molar-refractivity contribution in [1.29, 1.82) is 0 Å². The van der Waals surface area contributed by atoms with E-state index < -0.39 is 0 Å². The van der Waals surface area contributed by atoms with Gasteiger partial charge in [-0.3, -0.25) is 0 Å². The van der Waals surface area contributed by atoms with Gasteiger partial charge in [0.1, 0.15) is 0 Å². The highest BCUT2D eigenvalue weighted by Gasteiger charge is 2.17. The van der Waals surface area contributed by atoms with Crippen LogP contribution in [0.5, 0.6) is 0 Å². The van der Waals surface area contributed by atoms with Crippen LogP contribution in [-0.2, 0) is 0 Å². The van der Waals surface area contributed by atoms with E-state index in [1.807, 2.05) is 0 Å². The van der Waals surface area contributed by atoms with E-state index >= 15 is 0 Å². The molecule has 0 spiro atoms. The van der Waals surface area contributed by atoms with Crippen molar-refractivity contribution < 1.29 is 0 Å². The zero-order valence-electron chi connectivity index (χ0n) is 4.89. The summed E-state index contributed by atoms with van der Waals surface area (Å²) in [6.45, 7) is 2.07. The molecule has 0 aromatic carbocycles. The smallest absolute Gasteiger partial charge is 0.0193 e. The van der Waals surface area contributed by atoms with Gasteiger partial charge in [-0.25, -0.2) is 0 Å². The van der Waals surface area contributed by atoms with E-state index in [0.717, 1.165) is 12.6 Å². The highest BCUT2D eigenvalue weighted by atomic mass is 35.5. The minimum Gasteiger partial charge on any atom is -0.330 e. The standard InChI is InChI=1S/C5H12N2.ClH/c6-3-1-2-5-4-7-5;/h5,7H,1-4,6H2;1H. The second-order valence-electron chi connectivity index (χ2n) is 2.04. The molecule has 1 heterocycles. The number of rotatable bonds is 3. The predicted octanol–water partition coefficient (Wildman–Crippen LogP) is 0.119. The van der Waals surface area contributed by atoms with E-state index in [1.165, 1.54) is 19.4 Å². The SMILES string of the molecule is Cl.NCCCC1CN1. The summed E-state index contributed by atoms with van der Waals surface area (Å²) in [4.78, 5) is 0. The number of nitrogens with two attached hydrogens (primary N) is 1. The second-order valence-corrected chi connectivity index (χ2v) is 2.04. The van der Waals surface area contributed by atoms with Crippen molar-refractivity contribution in [3.05, 3.63) is 0 Å². The third-order valence-electron chi connectivity index (χ3n) is 1.25. The van der Waals surface area contributed by atoms with E-state index in [4.69, 9.17) is 5.73 Å². The fraction of sp³-hybridized carbons (Fsp3) is 1.00. The maximum absolute atomic E-state index is 5.28. The van der Waals surface area contributed by atoms with E-state index in [-0.39, 0.29) is 12.4 Å². The minimum absolute atomic E-state index is 0. The van der Waals surface area contributed by atoms with Gasteiger partial charge < -0.3 is 11.1 Å². The number of halogens is 1. The molecule has 50 valence electrons. The van der Waals surface area contributed by atoms with Crippen LogP contribution in [0.2, 0.25) is 0 Å². The maximum atomic E-state index is 5.28. The Kier molecular flexibility index (Phi) is 4.23. The summed E-state index contributed by atoms with van der Waals surface area (Å²) in [5, 5.41) is 3.21. The molecule has 3 N–H and O–H groups in total. The molecule has 1 aliphatic rings. The van der Waals surface area contributed by atoms with Crippen LogP contribution in [0.3, 0.4) is 0 Å². The predicted molar refractivity (Wildman–Crippen MR) is 37.3 cm³/mol. The maximum Gasteiger partial charge on any atom is 0.0193 e. The lowest BCUT2D eigenvalue weighted by Crippen LogP contribution is -2.01. The Labute approximate surface area is 56.2 Å². The summed E-state index contributed by atoms with van der Waals surface area (Å²) in [5.41, 5.74) is 5.28. The Hall–Kier alpha value is 0.210. The van der Waals surface area contributed by atoms with Crippen molar-refractivity contribution in [2.24, 2.45) is 5.73 Å². The second kappa shape index (κ2) is 4.13. The minimum atomic E-state index is 0. The van der Waals surface area contributed by atoms with Gasteiger partial charge >= 0.3 is 0 Å². The van der Waals surface area contributed by atoms with Crippen LogP contribution in [0, 0.1) is 0 Å². The zero-order chi connectivity index (χ0) is 5.11. The molecule has 0 amide bonds.